The molecule has 1 unspecified atom stereocenters. The van der Waals surface area contributed by atoms with Gasteiger partial charge in [0.15, 0.2) is 0 Å². The van der Waals surface area contributed by atoms with Crippen molar-refractivity contribution in [2.45, 2.75) is 0 Å². The van der Waals surface area contributed by atoms with Gasteiger partial charge in [0.05, 0.1) is 6.08 Å². The first-order valence-electron chi connectivity index (χ1n) is 1.57. The Morgan fingerprint density at radius 1 is 1.83 bits per heavy atom. The van der Waals surface area contributed by atoms with Gasteiger partial charge in [-0.3, -0.25) is 5.06 Å². The molecule has 0 radical (unpaired) electrons. The largest absolute Gasteiger partial charge is 0.621 e. The van der Waals surface area contributed by atoms with E-state index >= 15 is 0 Å². The summed E-state index contributed by atoms with van der Waals surface area (Å²) in [6.07, 6.45) is 2.50. The van der Waals surface area contributed by atoms with Crippen molar-refractivity contribution in [2.24, 2.45) is 0 Å². The Morgan fingerprint density at radius 2 is 2.33 bits per heavy atom. The Kier molecular flexibility index (Phi) is 0.524. The molecule has 1 atom stereocenters. The van der Waals surface area contributed by atoms with Crippen LogP contribution in [0.25, 0.3) is 0 Å². The van der Waals surface area contributed by atoms with Gasteiger partial charge in [0.1, 0.15) is 6.20 Å². The molecular formula is C3H3NO2. The van der Waals surface area contributed by atoms with Crippen LogP contribution in [-0.4, -0.2) is 5.91 Å². The number of hydrogen-bond acceptors (Lipinski definition) is 2. The Hall–Kier alpha value is -0.670. The van der Waals surface area contributed by atoms with E-state index in [1.54, 1.807) is 0 Å². The molecule has 6 heavy (non-hydrogen) atoms. The number of rotatable bonds is 0. The molecule has 0 aromatic carbocycles. The minimum absolute atomic E-state index is 0.380. The summed E-state index contributed by atoms with van der Waals surface area (Å²) in [5, 5.41) is 9.41. The van der Waals surface area contributed by atoms with Crippen molar-refractivity contribution in [1.82, 2.24) is 0 Å². The molecule has 1 rings (SSSR count). The summed E-state index contributed by atoms with van der Waals surface area (Å²) in [5.41, 5.74) is 0. The Balaban J connectivity index is 2.67. The lowest BCUT2D eigenvalue weighted by molar-refractivity contribution is -0.714. The van der Waals surface area contributed by atoms with E-state index < -0.39 is 0 Å². The van der Waals surface area contributed by atoms with Gasteiger partial charge in [0, 0.05) is 0 Å². The molecule has 1 heterocycles. The van der Waals surface area contributed by atoms with Crippen LogP contribution < -0.4 is 5.06 Å². The van der Waals surface area contributed by atoms with Crippen LogP contribution in [0.15, 0.2) is 12.3 Å². The topological polar surface area (TPSA) is 44.6 Å². The molecule has 1 amide bonds. The third-order valence-corrected chi connectivity index (χ3v) is 0.629. The van der Waals surface area contributed by atoms with Crippen molar-refractivity contribution in [1.29, 1.82) is 0 Å². The summed E-state index contributed by atoms with van der Waals surface area (Å²) in [5.74, 6) is -0.380. The minimum atomic E-state index is -0.380. The zero-order valence-corrected chi connectivity index (χ0v) is 2.97. The molecule has 1 N–H and O–H groups in total. The second-order valence-electron chi connectivity index (χ2n) is 1.06. The third kappa shape index (κ3) is 0.261. The van der Waals surface area contributed by atoms with Crippen molar-refractivity contribution < 1.29 is 9.86 Å². The molecule has 1 aliphatic rings. The molecule has 0 saturated heterocycles. The Labute approximate surface area is 34.4 Å². The van der Waals surface area contributed by atoms with E-state index in [0.717, 1.165) is 0 Å². The molecular weight excluding hydrogens is 82.0 g/mol. The van der Waals surface area contributed by atoms with Crippen molar-refractivity contribution in [3.63, 3.8) is 0 Å². The van der Waals surface area contributed by atoms with E-state index in [1.807, 2.05) is 0 Å². The average molecular weight is 85.1 g/mol. The maximum atomic E-state index is 9.79. The van der Waals surface area contributed by atoms with Crippen molar-refractivity contribution in [3.8, 4) is 0 Å². The van der Waals surface area contributed by atoms with Crippen molar-refractivity contribution in [2.75, 3.05) is 0 Å². The van der Waals surface area contributed by atoms with Crippen LogP contribution in [0.1, 0.15) is 0 Å². The van der Waals surface area contributed by atoms with Crippen LogP contribution in [0.5, 0.6) is 0 Å². The first-order valence-corrected chi connectivity index (χ1v) is 1.57. The van der Waals surface area contributed by atoms with Gasteiger partial charge < -0.3 is 5.21 Å². The molecule has 3 heteroatoms. The predicted molar refractivity (Wildman–Crippen MR) is 18.5 cm³/mol. The van der Waals surface area contributed by atoms with E-state index in [1.165, 1.54) is 12.3 Å². The fourth-order valence-corrected chi connectivity index (χ4v) is 0.219. The monoisotopic (exact) mass is 85.0 g/mol. The van der Waals surface area contributed by atoms with Crippen LogP contribution in [0.4, 0.5) is 0 Å². The van der Waals surface area contributed by atoms with Gasteiger partial charge in [0.2, 0.25) is 0 Å². The first kappa shape index (κ1) is 3.52. The molecule has 1 aliphatic heterocycles. The molecule has 0 saturated carbocycles. The normalized spacial score (nSPS) is 30.2. The lowest BCUT2D eigenvalue weighted by atomic mass is 10.4. The molecule has 0 aromatic heterocycles. The van der Waals surface area contributed by atoms with Gasteiger partial charge in [-0.1, -0.05) is 0 Å². The number of carbonyl (C=O) groups is 1. The van der Waals surface area contributed by atoms with Crippen LogP contribution in [0, 0.1) is 5.21 Å². The maximum Gasteiger partial charge on any atom is 0.346 e. The SMILES string of the molecule is O=C1C=C[NH+]1[O-]. The summed E-state index contributed by atoms with van der Waals surface area (Å²) in [6.45, 7) is 0. The molecule has 0 aliphatic carbocycles. The second-order valence-corrected chi connectivity index (χ2v) is 1.06. The van der Waals surface area contributed by atoms with Crippen LogP contribution in [0.2, 0.25) is 0 Å². The highest BCUT2D eigenvalue weighted by Gasteiger charge is 2.12. The van der Waals surface area contributed by atoms with Gasteiger partial charge in [-0.05, 0) is 0 Å². The number of quaternary nitrogens is 1. The van der Waals surface area contributed by atoms with Gasteiger partial charge in [-0.2, -0.15) is 0 Å². The van der Waals surface area contributed by atoms with E-state index in [0.29, 0.717) is 0 Å². The van der Waals surface area contributed by atoms with E-state index in [4.69, 9.17) is 0 Å². The van der Waals surface area contributed by atoms with Gasteiger partial charge in [-0.25, -0.2) is 4.79 Å². The molecule has 0 aromatic rings. The van der Waals surface area contributed by atoms with Crippen LogP contribution in [-0.2, 0) is 4.79 Å². The predicted octanol–water partition coefficient (Wildman–Crippen LogP) is -1.58. The molecule has 32 valence electrons. The Morgan fingerprint density at radius 3 is 2.33 bits per heavy atom. The summed E-state index contributed by atoms with van der Waals surface area (Å²) < 4.78 is 0. The second kappa shape index (κ2) is 0.894. The minimum Gasteiger partial charge on any atom is -0.621 e. The maximum absolute atomic E-state index is 9.79. The molecule has 3 nitrogen and oxygen atoms in total. The summed E-state index contributed by atoms with van der Waals surface area (Å²) in [4.78, 5) is 9.79. The smallest absolute Gasteiger partial charge is 0.346 e. The van der Waals surface area contributed by atoms with Gasteiger partial charge in [0.25, 0.3) is 0 Å². The lowest BCUT2D eigenvalue weighted by Crippen LogP contribution is -3.09. The third-order valence-electron chi connectivity index (χ3n) is 0.629. The summed E-state index contributed by atoms with van der Waals surface area (Å²) >= 11 is 0. The zero-order chi connectivity index (χ0) is 4.57. The van der Waals surface area contributed by atoms with Gasteiger partial charge >= 0.3 is 5.91 Å². The summed E-state index contributed by atoms with van der Waals surface area (Å²) in [7, 11) is 0. The van der Waals surface area contributed by atoms with Crippen molar-refractivity contribution in [3.05, 3.63) is 17.5 Å². The highest BCUT2D eigenvalue weighted by molar-refractivity contribution is 5.83. The number of nitrogens with one attached hydrogen (secondary N) is 1. The first-order chi connectivity index (χ1) is 2.80. The highest BCUT2D eigenvalue weighted by Crippen LogP contribution is 1.69. The van der Waals surface area contributed by atoms with Gasteiger partial charge in [-0.15, -0.1) is 0 Å². The summed E-state index contributed by atoms with van der Waals surface area (Å²) in [6, 6.07) is 0. The van der Waals surface area contributed by atoms with Crippen LogP contribution in [0.3, 0.4) is 0 Å². The number of hydrogen-bond donors (Lipinski definition) is 1. The molecule has 0 fully saturated rings. The highest BCUT2D eigenvalue weighted by atomic mass is 16.5. The number of hydroxylamine groups is 2. The van der Waals surface area contributed by atoms with E-state index in [2.05, 4.69) is 0 Å². The van der Waals surface area contributed by atoms with Crippen LogP contribution >= 0.6 is 0 Å². The number of amides is 1. The number of carbonyl (C=O) groups excluding carboxylic acids is 1. The quantitative estimate of drug-likeness (QED) is 0.361. The standard InChI is InChI=1S/C3H3NO2/c5-3-1-2-4(3)6/h1-2,4H. The average Bonchev–Trinajstić information content (AvgIpc) is 1.61. The Bertz CT molecular complexity index is 107. The lowest BCUT2D eigenvalue weighted by Gasteiger charge is -2.16. The van der Waals surface area contributed by atoms with E-state index in [-0.39, 0.29) is 11.0 Å². The fraction of sp³-hybridized carbons (Fsp3) is 0. The van der Waals surface area contributed by atoms with Crippen molar-refractivity contribution >= 4 is 5.91 Å². The molecule has 0 bridgehead atoms. The molecule has 0 spiro atoms. The van der Waals surface area contributed by atoms with E-state index in [9.17, 15) is 10.0 Å². The zero-order valence-electron chi connectivity index (χ0n) is 2.97. The fourth-order valence-electron chi connectivity index (χ4n) is 0.219.